The molecule has 0 bridgehead atoms. The maximum atomic E-state index is 11.7. The molecule has 1 aliphatic rings. The molecule has 1 saturated heterocycles. The van der Waals surface area contributed by atoms with Crippen LogP contribution < -0.4 is 0 Å². The Labute approximate surface area is 78.5 Å². The SMILES string of the molecule is CC(C)N1CC(=O)N(C)[C@@H](C)C1=O. The monoisotopic (exact) mass is 184 g/mol. The summed E-state index contributed by atoms with van der Waals surface area (Å²) in [4.78, 5) is 26.2. The topological polar surface area (TPSA) is 40.6 Å². The Balaban J connectivity index is 2.82. The summed E-state index contributed by atoms with van der Waals surface area (Å²) in [6.07, 6.45) is 0. The van der Waals surface area contributed by atoms with Crippen molar-refractivity contribution in [3.63, 3.8) is 0 Å². The third-order valence-corrected chi connectivity index (χ3v) is 2.54. The molecule has 0 aromatic heterocycles. The number of nitrogens with zero attached hydrogens (tertiary/aromatic N) is 2. The smallest absolute Gasteiger partial charge is 0.245 e. The van der Waals surface area contributed by atoms with Gasteiger partial charge in [0.25, 0.3) is 0 Å². The van der Waals surface area contributed by atoms with Crippen LogP contribution in [0.4, 0.5) is 0 Å². The molecule has 2 amide bonds. The van der Waals surface area contributed by atoms with E-state index in [4.69, 9.17) is 0 Å². The van der Waals surface area contributed by atoms with Gasteiger partial charge in [-0.05, 0) is 20.8 Å². The van der Waals surface area contributed by atoms with E-state index in [9.17, 15) is 9.59 Å². The van der Waals surface area contributed by atoms with Crippen molar-refractivity contribution in [3.8, 4) is 0 Å². The van der Waals surface area contributed by atoms with Gasteiger partial charge in [-0.25, -0.2) is 0 Å². The normalized spacial score (nSPS) is 24.5. The Morgan fingerprint density at radius 1 is 1.38 bits per heavy atom. The molecule has 0 saturated carbocycles. The highest BCUT2D eigenvalue weighted by atomic mass is 16.2. The molecule has 0 unspecified atom stereocenters. The summed E-state index contributed by atoms with van der Waals surface area (Å²) in [6, 6.07) is -0.212. The van der Waals surface area contributed by atoms with E-state index in [1.54, 1.807) is 18.9 Å². The van der Waals surface area contributed by atoms with Crippen LogP contribution in [0.1, 0.15) is 20.8 Å². The Hall–Kier alpha value is -1.06. The predicted octanol–water partition coefficient (Wildman–Crippen LogP) is 0.0839. The molecular formula is C9H16N2O2. The minimum Gasteiger partial charge on any atom is -0.332 e. The zero-order valence-corrected chi connectivity index (χ0v) is 8.57. The molecule has 0 aliphatic carbocycles. The van der Waals surface area contributed by atoms with Crippen molar-refractivity contribution in [2.45, 2.75) is 32.9 Å². The third kappa shape index (κ3) is 1.66. The van der Waals surface area contributed by atoms with E-state index in [0.717, 1.165) is 0 Å². The van der Waals surface area contributed by atoms with Crippen molar-refractivity contribution in [1.82, 2.24) is 9.80 Å². The summed E-state index contributed by atoms with van der Waals surface area (Å²) in [5.41, 5.74) is 0. The standard InChI is InChI=1S/C9H16N2O2/c1-6(2)11-5-8(12)10(4)7(3)9(11)13/h6-7H,5H2,1-4H3/t7-/m0/s1. The van der Waals surface area contributed by atoms with Crippen LogP contribution in [0.3, 0.4) is 0 Å². The van der Waals surface area contributed by atoms with E-state index >= 15 is 0 Å². The fraction of sp³-hybridized carbons (Fsp3) is 0.778. The van der Waals surface area contributed by atoms with Crippen LogP contribution in [-0.2, 0) is 9.59 Å². The summed E-state index contributed by atoms with van der Waals surface area (Å²) >= 11 is 0. The van der Waals surface area contributed by atoms with E-state index < -0.39 is 0 Å². The van der Waals surface area contributed by atoms with Crippen LogP contribution in [0.5, 0.6) is 0 Å². The number of rotatable bonds is 1. The first-order valence-electron chi connectivity index (χ1n) is 4.51. The third-order valence-electron chi connectivity index (χ3n) is 2.54. The lowest BCUT2D eigenvalue weighted by molar-refractivity contribution is -0.155. The van der Waals surface area contributed by atoms with E-state index in [2.05, 4.69) is 0 Å². The van der Waals surface area contributed by atoms with Crippen molar-refractivity contribution >= 4 is 11.8 Å². The number of carbonyl (C=O) groups excluding carboxylic acids is 2. The number of hydrogen-bond donors (Lipinski definition) is 0. The van der Waals surface area contributed by atoms with Crippen LogP contribution in [-0.4, -0.2) is 47.3 Å². The minimum atomic E-state index is -0.316. The average Bonchev–Trinajstić information content (AvgIpc) is 2.07. The molecule has 1 aliphatic heterocycles. The zero-order chi connectivity index (χ0) is 10.2. The highest BCUT2D eigenvalue weighted by Crippen LogP contribution is 2.12. The van der Waals surface area contributed by atoms with Crippen LogP contribution in [0.25, 0.3) is 0 Å². The lowest BCUT2D eigenvalue weighted by Gasteiger charge is -2.38. The highest BCUT2D eigenvalue weighted by Gasteiger charge is 2.35. The first kappa shape index (κ1) is 10.0. The van der Waals surface area contributed by atoms with Gasteiger partial charge in [0.1, 0.15) is 12.6 Å². The Bertz CT molecular complexity index is 238. The Morgan fingerprint density at radius 2 is 1.92 bits per heavy atom. The number of piperazine rings is 1. The Kier molecular flexibility index (Phi) is 2.59. The average molecular weight is 184 g/mol. The molecule has 0 radical (unpaired) electrons. The van der Waals surface area contributed by atoms with Gasteiger partial charge in [-0.1, -0.05) is 0 Å². The Morgan fingerprint density at radius 3 is 2.38 bits per heavy atom. The van der Waals surface area contributed by atoms with Gasteiger partial charge in [0.2, 0.25) is 11.8 Å². The molecule has 4 heteroatoms. The molecule has 0 aromatic rings. The number of carbonyl (C=O) groups is 2. The van der Waals surface area contributed by atoms with Gasteiger partial charge in [-0.3, -0.25) is 9.59 Å². The van der Waals surface area contributed by atoms with Gasteiger partial charge < -0.3 is 9.80 Å². The first-order valence-corrected chi connectivity index (χ1v) is 4.51. The molecule has 4 nitrogen and oxygen atoms in total. The molecule has 1 fully saturated rings. The second-order valence-electron chi connectivity index (χ2n) is 3.74. The van der Waals surface area contributed by atoms with Crippen molar-refractivity contribution in [3.05, 3.63) is 0 Å². The maximum absolute atomic E-state index is 11.7. The summed E-state index contributed by atoms with van der Waals surface area (Å²) < 4.78 is 0. The van der Waals surface area contributed by atoms with E-state index in [1.807, 2.05) is 13.8 Å². The molecule has 1 heterocycles. The molecule has 0 aromatic carbocycles. The largest absolute Gasteiger partial charge is 0.332 e. The van der Waals surface area contributed by atoms with Gasteiger partial charge in [0, 0.05) is 13.1 Å². The second-order valence-corrected chi connectivity index (χ2v) is 3.74. The van der Waals surface area contributed by atoms with E-state index in [-0.39, 0.29) is 30.4 Å². The molecule has 74 valence electrons. The van der Waals surface area contributed by atoms with Crippen molar-refractivity contribution < 1.29 is 9.59 Å². The maximum Gasteiger partial charge on any atom is 0.245 e. The first-order chi connectivity index (χ1) is 5.95. The second kappa shape index (κ2) is 3.36. The van der Waals surface area contributed by atoms with Gasteiger partial charge in [-0.15, -0.1) is 0 Å². The van der Waals surface area contributed by atoms with Gasteiger partial charge in [0.15, 0.2) is 0 Å². The molecule has 0 N–H and O–H groups in total. The van der Waals surface area contributed by atoms with Crippen LogP contribution in [0.2, 0.25) is 0 Å². The summed E-state index contributed by atoms with van der Waals surface area (Å²) in [5.74, 6) is 0.0536. The summed E-state index contributed by atoms with van der Waals surface area (Å²) in [6.45, 7) is 5.82. The van der Waals surface area contributed by atoms with E-state index in [1.165, 1.54) is 4.90 Å². The van der Waals surface area contributed by atoms with Crippen LogP contribution in [0, 0.1) is 0 Å². The fourth-order valence-electron chi connectivity index (χ4n) is 1.39. The lowest BCUT2D eigenvalue weighted by atomic mass is 10.1. The quantitative estimate of drug-likeness (QED) is 0.579. The predicted molar refractivity (Wildman–Crippen MR) is 49.1 cm³/mol. The van der Waals surface area contributed by atoms with Crippen LogP contribution >= 0.6 is 0 Å². The summed E-state index contributed by atoms with van der Waals surface area (Å²) in [5, 5.41) is 0. The molecule has 13 heavy (non-hydrogen) atoms. The lowest BCUT2D eigenvalue weighted by Crippen LogP contribution is -2.59. The van der Waals surface area contributed by atoms with Gasteiger partial charge in [0.05, 0.1) is 0 Å². The minimum absolute atomic E-state index is 0.0146. The van der Waals surface area contributed by atoms with E-state index in [0.29, 0.717) is 0 Å². The van der Waals surface area contributed by atoms with Crippen molar-refractivity contribution in [1.29, 1.82) is 0 Å². The summed E-state index contributed by atoms with van der Waals surface area (Å²) in [7, 11) is 1.67. The van der Waals surface area contributed by atoms with Crippen LogP contribution in [0.15, 0.2) is 0 Å². The van der Waals surface area contributed by atoms with Crippen molar-refractivity contribution in [2.75, 3.05) is 13.6 Å². The number of hydrogen-bond acceptors (Lipinski definition) is 2. The van der Waals surface area contributed by atoms with Crippen molar-refractivity contribution in [2.24, 2.45) is 0 Å². The fourth-order valence-corrected chi connectivity index (χ4v) is 1.39. The van der Waals surface area contributed by atoms with Gasteiger partial charge in [-0.2, -0.15) is 0 Å². The highest BCUT2D eigenvalue weighted by molar-refractivity contribution is 5.94. The van der Waals surface area contributed by atoms with Gasteiger partial charge >= 0.3 is 0 Å². The molecule has 1 rings (SSSR count). The zero-order valence-electron chi connectivity index (χ0n) is 8.57. The number of likely N-dealkylation sites (N-methyl/N-ethyl adjacent to an activating group) is 1. The molecular weight excluding hydrogens is 168 g/mol. The molecule has 1 atom stereocenters. The number of amides is 2. The molecule has 0 spiro atoms.